The number of carbonyl (C=O) groups excluding carboxylic acids is 4. The number of ketones is 1. The third-order valence-electron chi connectivity index (χ3n) is 11.1. The number of carbonyl (C=O) groups is 4. The van der Waals surface area contributed by atoms with Crippen LogP contribution in [-0.4, -0.2) is 123 Å². The van der Waals surface area contributed by atoms with Crippen LogP contribution in [0.4, 0.5) is 8.78 Å². The molecule has 53 heavy (non-hydrogen) atoms. The molecule has 302 valence electrons. The normalized spacial score (nSPS) is 20.2. The first-order valence-electron chi connectivity index (χ1n) is 19.1. The molecule has 9 atom stereocenters. The number of halogens is 2. The van der Waals surface area contributed by atoms with Gasteiger partial charge in [0, 0.05) is 58.3 Å². The predicted octanol–water partition coefficient (Wildman–Crippen LogP) is 4.30. The Morgan fingerprint density at radius 3 is 2.06 bits per heavy atom. The maximum atomic E-state index is 14.3. The Hall–Kier alpha value is -3.00. The lowest BCUT2D eigenvalue weighted by Crippen LogP contribution is -2.54. The number of likely N-dealkylation sites (N-methyl/N-ethyl adjacent to an activating group) is 2. The van der Waals surface area contributed by atoms with Gasteiger partial charge in [-0.3, -0.25) is 24.1 Å². The van der Waals surface area contributed by atoms with Crippen LogP contribution in [0.3, 0.4) is 0 Å². The molecular formula is C40H67F2N5O6. The summed E-state index contributed by atoms with van der Waals surface area (Å²) in [6, 6.07) is 1.99. The molecule has 0 spiro atoms. The molecule has 0 aliphatic carbocycles. The maximum Gasteiger partial charge on any atom is 0.226 e. The van der Waals surface area contributed by atoms with Crippen molar-refractivity contribution < 1.29 is 37.4 Å². The van der Waals surface area contributed by atoms with E-state index in [0.29, 0.717) is 6.42 Å². The van der Waals surface area contributed by atoms with E-state index < -0.39 is 47.8 Å². The van der Waals surface area contributed by atoms with Crippen LogP contribution in [0.5, 0.6) is 0 Å². The smallest absolute Gasteiger partial charge is 0.226 e. The highest BCUT2D eigenvalue weighted by Crippen LogP contribution is 2.31. The molecule has 0 radical (unpaired) electrons. The molecule has 2 rings (SSSR count). The summed E-state index contributed by atoms with van der Waals surface area (Å²) >= 11 is 0. The van der Waals surface area contributed by atoms with Crippen molar-refractivity contribution >= 4 is 23.5 Å². The highest BCUT2D eigenvalue weighted by atomic mass is 19.1. The zero-order valence-corrected chi connectivity index (χ0v) is 34.2. The lowest BCUT2D eigenvalue weighted by atomic mass is 9.83. The van der Waals surface area contributed by atoms with Crippen molar-refractivity contribution in [1.82, 2.24) is 20.0 Å². The molecule has 1 aromatic rings. The molecule has 1 aliphatic rings. The molecule has 11 nitrogen and oxygen atoms in total. The number of nitrogens with zero attached hydrogens (tertiary/aromatic N) is 3. The molecule has 0 aromatic heterocycles. The first-order chi connectivity index (χ1) is 24.8. The Balaban J connectivity index is 2.26. The maximum absolute atomic E-state index is 14.3. The molecule has 0 bridgehead atoms. The average molecular weight is 752 g/mol. The standard InChI is InChI=1S/C40H67F2N5O6/c1-13-25(6)37(46(10)40(51)29(23(2)3)20-33(48)36(24(4)5)45(8)9)34(52-11)21-35(49)47-22-27(43)19-32(47)38(53-12)26(7)39(50)44-18-17-28-30(41)15-14-16-31(28)42/h14-16,23-27,29,32,34,36-38H,13,17-22,43H2,1-12H3,(H,44,50)/t25-,26+,27-,29-,32-,34+,36-,37-,38+/m0/s1. The number of benzene rings is 1. The van der Waals surface area contributed by atoms with E-state index in [1.165, 1.54) is 32.4 Å². The number of nitrogens with one attached hydrogen (secondary N) is 1. The number of likely N-dealkylation sites (tertiary alicyclic amines) is 1. The van der Waals surface area contributed by atoms with Gasteiger partial charge >= 0.3 is 0 Å². The first-order valence-corrected chi connectivity index (χ1v) is 19.1. The third kappa shape index (κ3) is 12.0. The van der Waals surface area contributed by atoms with E-state index in [4.69, 9.17) is 15.2 Å². The fraction of sp³-hybridized carbons (Fsp3) is 0.750. The molecule has 3 amide bonds. The van der Waals surface area contributed by atoms with Gasteiger partial charge in [0.1, 0.15) is 11.6 Å². The van der Waals surface area contributed by atoms with Crippen molar-refractivity contribution in [2.45, 2.75) is 117 Å². The molecule has 0 unspecified atom stereocenters. The number of ether oxygens (including phenoxy) is 2. The number of hydrogen-bond acceptors (Lipinski definition) is 8. The van der Waals surface area contributed by atoms with Crippen LogP contribution in [0, 0.1) is 41.2 Å². The number of Topliss-reactive ketones (excluding diaryl/α,β-unsaturated/α-hetero) is 1. The number of methoxy groups -OCH3 is 2. The minimum absolute atomic E-state index is 0.0167. The summed E-state index contributed by atoms with van der Waals surface area (Å²) in [7, 11) is 8.50. The van der Waals surface area contributed by atoms with Gasteiger partial charge in [-0.2, -0.15) is 0 Å². The van der Waals surface area contributed by atoms with Crippen molar-refractivity contribution in [3.63, 3.8) is 0 Å². The van der Waals surface area contributed by atoms with E-state index in [2.05, 4.69) is 5.32 Å². The SMILES string of the molecule is CC[C@H](C)[C@@H]([C@@H](CC(=O)N1C[C@@H](N)C[C@H]1[C@H](OC)[C@@H](C)C(=O)NCCc1c(F)cccc1F)OC)N(C)C(=O)[C@@H](CC(=O)[C@H](C(C)C)N(C)C)C(C)C. The van der Waals surface area contributed by atoms with E-state index in [-0.39, 0.29) is 91.3 Å². The topological polar surface area (TPSA) is 135 Å². The molecule has 13 heteroatoms. The summed E-state index contributed by atoms with van der Waals surface area (Å²) in [6.07, 6.45) is -0.212. The lowest BCUT2D eigenvalue weighted by Gasteiger charge is -2.41. The number of amides is 3. The Kier molecular flexibility index (Phi) is 18.4. The third-order valence-corrected chi connectivity index (χ3v) is 11.1. The molecule has 1 heterocycles. The van der Waals surface area contributed by atoms with Gasteiger partial charge in [-0.1, -0.05) is 61.0 Å². The Labute approximate surface area is 316 Å². The minimum atomic E-state index is -0.718. The van der Waals surface area contributed by atoms with Gasteiger partial charge < -0.3 is 30.3 Å². The molecule has 0 saturated carbocycles. The number of nitrogens with two attached hydrogens (primary N) is 1. The summed E-state index contributed by atoms with van der Waals surface area (Å²) in [5, 5.41) is 2.75. The lowest BCUT2D eigenvalue weighted by molar-refractivity contribution is -0.149. The van der Waals surface area contributed by atoms with E-state index in [1.807, 2.05) is 60.5 Å². The fourth-order valence-electron chi connectivity index (χ4n) is 8.07. The van der Waals surface area contributed by atoms with Crippen LogP contribution in [0.25, 0.3) is 0 Å². The summed E-state index contributed by atoms with van der Waals surface area (Å²) in [5.74, 6) is -3.42. The van der Waals surface area contributed by atoms with Crippen molar-refractivity contribution in [3.05, 3.63) is 35.4 Å². The van der Waals surface area contributed by atoms with Crippen LogP contribution in [-0.2, 0) is 35.1 Å². The Morgan fingerprint density at radius 2 is 1.57 bits per heavy atom. The number of hydrogen-bond donors (Lipinski definition) is 2. The van der Waals surface area contributed by atoms with E-state index >= 15 is 0 Å². The summed E-state index contributed by atoms with van der Waals surface area (Å²) < 4.78 is 40.1. The highest BCUT2D eigenvalue weighted by Gasteiger charge is 2.45. The minimum Gasteiger partial charge on any atom is -0.379 e. The quantitative estimate of drug-likeness (QED) is 0.190. The zero-order valence-electron chi connectivity index (χ0n) is 34.2. The molecule has 1 aromatic carbocycles. The summed E-state index contributed by atoms with van der Waals surface area (Å²) in [5.41, 5.74) is 6.30. The average Bonchev–Trinajstić information content (AvgIpc) is 3.48. The Morgan fingerprint density at radius 1 is 0.962 bits per heavy atom. The Bertz CT molecular complexity index is 1330. The monoisotopic (exact) mass is 752 g/mol. The van der Waals surface area contributed by atoms with Gasteiger partial charge in [0.2, 0.25) is 17.7 Å². The zero-order chi connectivity index (χ0) is 40.3. The first kappa shape index (κ1) is 46.2. The van der Waals surface area contributed by atoms with E-state index in [1.54, 1.807) is 23.8 Å². The van der Waals surface area contributed by atoms with Gasteiger partial charge in [-0.05, 0) is 56.8 Å². The van der Waals surface area contributed by atoms with Crippen LogP contribution < -0.4 is 11.1 Å². The van der Waals surface area contributed by atoms with Gasteiger partial charge in [0.15, 0.2) is 5.78 Å². The predicted molar refractivity (Wildman–Crippen MR) is 203 cm³/mol. The second kappa shape index (κ2) is 21.2. The van der Waals surface area contributed by atoms with Gasteiger partial charge in [-0.25, -0.2) is 8.78 Å². The molecule has 3 N–H and O–H groups in total. The highest BCUT2D eigenvalue weighted by molar-refractivity contribution is 5.90. The molecular weight excluding hydrogens is 684 g/mol. The van der Waals surface area contributed by atoms with E-state index in [0.717, 1.165) is 6.42 Å². The van der Waals surface area contributed by atoms with Gasteiger partial charge in [-0.15, -0.1) is 0 Å². The fourth-order valence-corrected chi connectivity index (χ4v) is 8.07. The van der Waals surface area contributed by atoms with Crippen molar-refractivity contribution in [2.75, 3.05) is 48.5 Å². The van der Waals surface area contributed by atoms with Gasteiger partial charge in [0.05, 0.1) is 42.7 Å². The molecule has 1 aliphatic heterocycles. The van der Waals surface area contributed by atoms with Crippen molar-refractivity contribution in [2.24, 2.45) is 35.3 Å². The van der Waals surface area contributed by atoms with Crippen LogP contribution in [0.15, 0.2) is 18.2 Å². The van der Waals surface area contributed by atoms with Crippen LogP contribution in [0.1, 0.15) is 79.7 Å². The number of rotatable bonds is 21. The van der Waals surface area contributed by atoms with E-state index in [9.17, 15) is 28.0 Å². The van der Waals surface area contributed by atoms with Crippen molar-refractivity contribution in [3.8, 4) is 0 Å². The molecule has 1 fully saturated rings. The second-order valence-corrected chi connectivity index (χ2v) is 15.8. The second-order valence-electron chi connectivity index (χ2n) is 15.8. The summed E-state index contributed by atoms with van der Waals surface area (Å²) in [6.45, 7) is 13.9. The molecule has 1 saturated heterocycles. The summed E-state index contributed by atoms with van der Waals surface area (Å²) in [4.78, 5) is 60.5. The van der Waals surface area contributed by atoms with Crippen LogP contribution in [0.2, 0.25) is 0 Å². The van der Waals surface area contributed by atoms with Crippen LogP contribution >= 0.6 is 0 Å². The van der Waals surface area contributed by atoms with Gasteiger partial charge in [0.25, 0.3) is 0 Å². The largest absolute Gasteiger partial charge is 0.379 e. The van der Waals surface area contributed by atoms with Crippen molar-refractivity contribution in [1.29, 1.82) is 0 Å².